The summed E-state index contributed by atoms with van der Waals surface area (Å²) >= 11 is 0. The summed E-state index contributed by atoms with van der Waals surface area (Å²) in [5.74, 6) is 1.52. The number of ether oxygens (including phenoxy) is 1. The van der Waals surface area contributed by atoms with Gasteiger partial charge in [0, 0.05) is 20.1 Å². The second kappa shape index (κ2) is 7.23. The van der Waals surface area contributed by atoms with Crippen LogP contribution in [0.25, 0.3) is 0 Å². The number of aromatic nitrogens is 2. The fourth-order valence-electron chi connectivity index (χ4n) is 1.71. The highest BCUT2D eigenvalue weighted by Crippen LogP contribution is 2.07. The molecule has 0 radical (unpaired) electrons. The van der Waals surface area contributed by atoms with Crippen molar-refractivity contribution in [3.05, 3.63) is 11.7 Å². The maximum Gasteiger partial charge on any atom is 0.251 e. The van der Waals surface area contributed by atoms with Crippen molar-refractivity contribution >= 4 is 5.91 Å². The van der Waals surface area contributed by atoms with Crippen LogP contribution in [-0.4, -0.2) is 40.7 Å². The van der Waals surface area contributed by atoms with Gasteiger partial charge in [0.25, 0.3) is 5.91 Å². The Bertz CT molecular complexity index is 404. The number of hydrogen-bond donors (Lipinski definition) is 0. The Kier molecular flexibility index (Phi) is 5.95. The molecule has 0 saturated heterocycles. The fraction of sp³-hybridized carbons (Fsp3) is 0.769. The first-order valence-corrected chi connectivity index (χ1v) is 6.62. The molecule has 1 unspecified atom stereocenters. The van der Waals surface area contributed by atoms with E-state index >= 15 is 0 Å². The molecule has 0 fully saturated rings. The molecule has 1 aromatic rings. The molecule has 0 N–H and O–H groups in total. The summed E-state index contributed by atoms with van der Waals surface area (Å²) < 4.78 is 10.4. The third-order valence-corrected chi connectivity index (χ3v) is 2.61. The van der Waals surface area contributed by atoms with Gasteiger partial charge >= 0.3 is 0 Å². The molecule has 1 aromatic heterocycles. The summed E-state index contributed by atoms with van der Waals surface area (Å²) in [5.41, 5.74) is 0. The van der Waals surface area contributed by atoms with Crippen LogP contribution in [0, 0.1) is 5.92 Å². The quantitative estimate of drug-likeness (QED) is 0.753. The largest absolute Gasteiger partial charge is 0.369 e. The van der Waals surface area contributed by atoms with Crippen LogP contribution in [-0.2, 0) is 22.5 Å². The van der Waals surface area contributed by atoms with Crippen molar-refractivity contribution in [2.24, 2.45) is 5.92 Å². The Hall–Kier alpha value is -1.43. The van der Waals surface area contributed by atoms with E-state index < -0.39 is 6.10 Å². The molecule has 108 valence electrons. The van der Waals surface area contributed by atoms with Crippen molar-refractivity contribution in [3.63, 3.8) is 0 Å². The van der Waals surface area contributed by atoms with Gasteiger partial charge in [0.2, 0.25) is 5.89 Å². The number of nitrogens with zero attached hydrogens (tertiary/aromatic N) is 3. The van der Waals surface area contributed by atoms with Crippen LogP contribution < -0.4 is 0 Å². The Morgan fingerprint density at radius 3 is 2.68 bits per heavy atom. The molecular weight excluding hydrogens is 246 g/mol. The Balaban J connectivity index is 2.54. The second-order valence-electron chi connectivity index (χ2n) is 4.99. The smallest absolute Gasteiger partial charge is 0.251 e. The van der Waals surface area contributed by atoms with E-state index in [9.17, 15) is 4.79 Å². The molecular formula is C13H23N3O3. The zero-order valence-electron chi connectivity index (χ0n) is 12.3. The van der Waals surface area contributed by atoms with Gasteiger partial charge in [-0.1, -0.05) is 19.0 Å². The molecule has 1 heterocycles. The third kappa shape index (κ3) is 4.98. The van der Waals surface area contributed by atoms with E-state index in [1.807, 2.05) is 6.92 Å². The van der Waals surface area contributed by atoms with Crippen molar-refractivity contribution in [1.82, 2.24) is 15.0 Å². The third-order valence-electron chi connectivity index (χ3n) is 2.61. The molecule has 0 bridgehead atoms. The van der Waals surface area contributed by atoms with Gasteiger partial charge in [-0.3, -0.25) is 4.79 Å². The Morgan fingerprint density at radius 1 is 1.42 bits per heavy atom. The van der Waals surface area contributed by atoms with Gasteiger partial charge in [-0.25, -0.2) is 0 Å². The standard InChI is InChI=1S/C13H23N3O3/c1-6-18-10(4)13(17)16(5)8-11-14-12(19-15-11)7-9(2)3/h9-10H,6-8H2,1-5H3. The van der Waals surface area contributed by atoms with Gasteiger partial charge in [0.15, 0.2) is 5.82 Å². The van der Waals surface area contributed by atoms with E-state index in [0.29, 0.717) is 30.8 Å². The number of likely N-dealkylation sites (N-methyl/N-ethyl adjacent to an activating group) is 1. The maximum atomic E-state index is 11.9. The zero-order chi connectivity index (χ0) is 14.4. The SMILES string of the molecule is CCOC(C)C(=O)N(C)Cc1noc(CC(C)C)n1. The van der Waals surface area contributed by atoms with Crippen LogP contribution in [0.2, 0.25) is 0 Å². The fourth-order valence-corrected chi connectivity index (χ4v) is 1.71. The molecule has 0 spiro atoms. The minimum atomic E-state index is -0.447. The average molecular weight is 269 g/mol. The lowest BCUT2D eigenvalue weighted by molar-refractivity contribution is -0.141. The number of carbonyl (C=O) groups is 1. The molecule has 6 heteroatoms. The first kappa shape index (κ1) is 15.6. The number of amides is 1. The predicted molar refractivity (Wildman–Crippen MR) is 70.4 cm³/mol. The summed E-state index contributed by atoms with van der Waals surface area (Å²) in [6.45, 7) is 8.62. The van der Waals surface area contributed by atoms with E-state index in [1.165, 1.54) is 0 Å². The lowest BCUT2D eigenvalue weighted by atomic mass is 10.1. The highest BCUT2D eigenvalue weighted by atomic mass is 16.5. The van der Waals surface area contributed by atoms with E-state index in [-0.39, 0.29) is 5.91 Å². The molecule has 0 aliphatic carbocycles. The van der Waals surface area contributed by atoms with Crippen LogP contribution in [0.4, 0.5) is 0 Å². The summed E-state index contributed by atoms with van der Waals surface area (Å²) in [7, 11) is 1.70. The normalized spacial score (nSPS) is 12.7. The van der Waals surface area contributed by atoms with E-state index in [4.69, 9.17) is 9.26 Å². The van der Waals surface area contributed by atoms with E-state index in [2.05, 4.69) is 24.0 Å². The minimum absolute atomic E-state index is 0.0861. The first-order valence-electron chi connectivity index (χ1n) is 6.62. The monoisotopic (exact) mass is 269 g/mol. The maximum absolute atomic E-state index is 11.9. The topological polar surface area (TPSA) is 68.5 Å². The lowest BCUT2D eigenvalue weighted by Gasteiger charge is -2.19. The molecule has 0 saturated carbocycles. The zero-order valence-corrected chi connectivity index (χ0v) is 12.3. The molecule has 1 atom stereocenters. The summed E-state index contributed by atoms with van der Waals surface area (Å²) in [6, 6.07) is 0. The molecule has 0 aliphatic rings. The van der Waals surface area contributed by atoms with Crippen molar-refractivity contribution in [1.29, 1.82) is 0 Å². The van der Waals surface area contributed by atoms with Gasteiger partial charge in [-0.05, 0) is 19.8 Å². The Labute approximate surface area is 114 Å². The molecule has 0 aromatic carbocycles. The molecule has 6 nitrogen and oxygen atoms in total. The van der Waals surface area contributed by atoms with Gasteiger partial charge in [0.1, 0.15) is 6.10 Å². The predicted octanol–water partition coefficient (Wildman–Crippen LogP) is 1.65. The van der Waals surface area contributed by atoms with Gasteiger partial charge in [0.05, 0.1) is 6.54 Å². The van der Waals surface area contributed by atoms with Crippen LogP contribution >= 0.6 is 0 Å². The van der Waals surface area contributed by atoms with E-state index in [1.54, 1.807) is 18.9 Å². The van der Waals surface area contributed by atoms with Crippen molar-refractivity contribution in [2.45, 2.75) is 46.8 Å². The Morgan fingerprint density at radius 2 is 2.11 bits per heavy atom. The van der Waals surface area contributed by atoms with Gasteiger partial charge in [-0.15, -0.1) is 0 Å². The first-order chi connectivity index (χ1) is 8.93. The highest BCUT2D eigenvalue weighted by molar-refractivity contribution is 5.80. The average Bonchev–Trinajstić information content (AvgIpc) is 2.74. The number of carbonyl (C=O) groups excluding carboxylic acids is 1. The van der Waals surface area contributed by atoms with Gasteiger partial charge in [-0.2, -0.15) is 4.98 Å². The molecule has 1 rings (SSSR count). The van der Waals surface area contributed by atoms with Gasteiger partial charge < -0.3 is 14.2 Å². The van der Waals surface area contributed by atoms with Crippen molar-refractivity contribution in [2.75, 3.05) is 13.7 Å². The summed E-state index contributed by atoms with van der Waals surface area (Å²) in [5, 5.41) is 3.88. The number of rotatable bonds is 7. The van der Waals surface area contributed by atoms with E-state index in [0.717, 1.165) is 6.42 Å². The van der Waals surface area contributed by atoms with Crippen LogP contribution in [0.5, 0.6) is 0 Å². The van der Waals surface area contributed by atoms with Crippen molar-refractivity contribution < 1.29 is 14.1 Å². The summed E-state index contributed by atoms with van der Waals surface area (Å²) in [4.78, 5) is 17.7. The molecule has 0 aliphatic heterocycles. The second-order valence-corrected chi connectivity index (χ2v) is 4.99. The molecule has 19 heavy (non-hydrogen) atoms. The van der Waals surface area contributed by atoms with Crippen molar-refractivity contribution in [3.8, 4) is 0 Å². The lowest BCUT2D eigenvalue weighted by Crippen LogP contribution is -2.36. The highest BCUT2D eigenvalue weighted by Gasteiger charge is 2.19. The van der Waals surface area contributed by atoms with Crippen LogP contribution in [0.15, 0.2) is 4.52 Å². The van der Waals surface area contributed by atoms with Crippen LogP contribution in [0.1, 0.15) is 39.4 Å². The minimum Gasteiger partial charge on any atom is -0.369 e. The van der Waals surface area contributed by atoms with Crippen LogP contribution in [0.3, 0.4) is 0 Å². The molecule has 1 amide bonds. The summed E-state index contributed by atoms with van der Waals surface area (Å²) in [6.07, 6.45) is 0.303. The number of hydrogen-bond acceptors (Lipinski definition) is 5.